The summed E-state index contributed by atoms with van der Waals surface area (Å²) in [5.41, 5.74) is 1.03. The van der Waals surface area contributed by atoms with Crippen molar-refractivity contribution in [2.75, 3.05) is 14.2 Å². The molecule has 0 radical (unpaired) electrons. The minimum absolute atomic E-state index is 0.0709. The first kappa shape index (κ1) is 14.1. The van der Waals surface area contributed by atoms with Gasteiger partial charge in [-0.2, -0.15) is 0 Å². The normalized spacial score (nSPS) is 11.5. The molecular weight excluding hydrogens is 232 g/mol. The maximum Gasteiger partial charge on any atom is 0.331 e. The highest BCUT2D eigenvalue weighted by atomic mass is 16.5. The van der Waals surface area contributed by atoms with Gasteiger partial charge in [-0.05, 0) is 30.2 Å². The molecule has 98 valence electrons. The molecule has 1 N–H and O–H groups in total. The predicted octanol–water partition coefficient (Wildman–Crippen LogP) is 2.83. The fourth-order valence-corrected chi connectivity index (χ4v) is 1.60. The van der Waals surface area contributed by atoms with Crippen LogP contribution < -0.4 is 9.47 Å². The summed E-state index contributed by atoms with van der Waals surface area (Å²) >= 11 is 0. The summed E-state index contributed by atoms with van der Waals surface area (Å²) in [6, 6.07) is 5.28. The average Bonchev–Trinajstić information content (AvgIpc) is 2.34. The second-order valence-corrected chi connectivity index (χ2v) is 4.17. The van der Waals surface area contributed by atoms with Crippen LogP contribution in [0.15, 0.2) is 23.8 Å². The van der Waals surface area contributed by atoms with Crippen LogP contribution in [0.25, 0.3) is 6.08 Å². The second kappa shape index (κ2) is 6.10. The molecular formula is C14H18O4. The van der Waals surface area contributed by atoms with Gasteiger partial charge < -0.3 is 14.6 Å². The van der Waals surface area contributed by atoms with E-state index >= 15 is 0 Å². The molecule has 18 heavy (non-hydrogen) atoms. The van der Waals surface area contributed by atoms with E-state index in [0.29, 0.717) is 22.6 Å². The molecule has 0 fully saturated rings. The van der Waals surface area contributed by atoms with Gasteiger partial charge in [-0.3, -0.25) is 0 Å². The Labute approximate surface area is 107 Å². The lowest BCUT2D eigenvalue weighted by Crippen LogP contribution is -2.07. The van der Waals surface area contributed by atoms with Crippen molar-refractivity contribution in [3.05, 3.63) is 29.3 Å². The predicted molar refractivity (Wildman–Crippen MR) is 70.0 cm³/mol. The van der Waals surface area contributed by atoms with E-state index in [0.717, 1.165) is 0 Å². The van der Waals surface area contributed by atoms with Crippen molar-refractivity contribution in [1.29, 1.82) is 0 Å². The van der Waals surface area contributed by atoms with Gasteiger partial charge in [-0.25, -0.2) is 4.79 Å². The van der Waals surface area contributed by atoms with Gasteiger partial charge >= 0.3 is 5.97 Å². The Morgan fingerprint density at radius 2 is 1.94 bits per heavy atom. The molecule has 0 aliphatic rings. The van der Waals surface area contributed by atoms with Crippen LogP contribution in [-0.4, -0.2) is 25.3 Å². The number of carbonyl (C=O) groups is 1. The first-order valence-corrected chi connectivity index (χ1v) is 5.66. The zero-order valence-corrected chi connectivity index (χ0v) is 11.1. The van der Waals surface area contributed by atoms with Gasteiger partial charge in [0.1, 0.15) is 11.5 Å². The molecule has 1 aromatic rings. The molecule has 0 aliphatic carbocycles. The standard InChI is InChI=1S/C14H18O4/c1-9(2)12(14(15)16)8-10-7-11(17-3)5-6-13(10)18-4/h5-9H,1-4H3,(H,15,16)/b12-8+. The van der Waals surface area contributed by atoms with Crippen molar-refractivity contribution in [3.63, 3.8) is 0 Å². The molecule has 0 spiro atoms. The van der Waals surface area contributed by atoms with Gasteiger partial charge in [0.25, 0.3) is 0 Å². The topological polar surface area (TPSA) is 55.8 Å². The number of hydrogen-bond donors (Lipinski definition) is 1. The molecule has 4 heteroatoms. The van der Waals surface area contributed by atoms with E-state index in [-0.39, 0.29) is 5.92 Å². The fourth-order valence-electron chi connectivity index (χ4n) is 1.60. The van der Waals surface area contributed by atoms with Crippen molar-refractivity contribution in [1.82, 2.24) is 0 Å². The van der Waals surface area contributed by atoms with Gasteiger partial charge in [-0.15, -0.1) is 0 Å². The first-order chi connectivity index (χ1) is 8.49. The van der Waals surface area contributed by atoms with Gasteiger partial charge in [0.2, 0.25) is 0 Å². The summed E-state index contributed by atoms with van der Waals surface area (Å²) < 4.78 is 10.3. The molecule has 0 unspecified atom stereocenters. The van der Waals surface area contributed by atoms with Crippen LogP contribution in [0.2, 0.25) is 0 Å². The second-order valence-electron chi connectivity index (χ2n) is 4.17. The summed E-state index contributed by atoms with van der Waals surface area (Å²) in [5, 5.41) is 9.15. The van der Waals surface area contributed by atoms with Crippen molar-refractivity contribution in [3.8, 4) is 11.5 Å². The monoisotopic (exact) mass is 250 g/mol. The third-order valence-corrected chi connectivity index (χ3v) is 2.62. The Hall–Kier alpha value is -1.97. The lowest BCUT2D eigenvalue weighted by atomic mass is 10.00. The zero-order chi connectivity index (χ0) is 13.7. The van der Waals surface area contributed by atoms with Crippen LogP contribution >= 0.6 is 0 Å². The fraction of sp³-hybridized carbons (Fsp3) is 0.357. The number of carboxylic acids is 1. The van der Waals surface area contributed by atoms with Crippen LogP contribution in [-0.2, 0) is 4.79 Å². The Morgan fingerprint density at radius 1 is 1.28 bits per heavy atom. The van der Waals surface area contributed by atoms with Gasteiger partial charge in [0.15, 0.2) is 0 Å². The van der Waals surface area contributed by atoms with Gasteiger partial charge in [0.05, 0.1) is 14.2 Å². The maximum absolute atomic E-state index is 11.2. The SMILES string of the molecule is COc1ccc(OC)c(/C=C(/C(=O)O)C(C)C)c1. The number of rotatable bonds is 5. The highest BCUT2D eigenvalue weighted by Crippen LogP contribution is 2.27. The average molecular weight is 250 g/mol. The summed E-state index contributed by atoms with van der Waals surface area (Å²) in [4.78, 5) is 11.2. The number of methoxy groups -OCH3 is 2. The molecule has 0 saturated heterocycles. The number of ether oxygens (including phenoxy) is 2. The Morgan fingerprint density at radius 3 is 2.39 bits per heavy atom. The molecule has 0 aromatic heterocycles. The van der Waals surface area contributed by atoms with Crippen LogP contribution in [0.3, 0.4) is 0 Å². The lowest BCUT2D eigenvalue weighted by Gasteiger charge is -2.10. The first-order valence-electron chi connectivity index (χ1n) is 5.66. The summed E-state index contributed by atoms with van der Waals surface area (Å²) in [7, 11) is 3.12. The number of benzene rings is 1. The smallest absolute Gasteiger partial charge is 0.331 e. The minimum Gasteiger partial charge on any atom is -0.497 e. The molecule has 1 rings (SSSR count). The van der Waals surface area contributed by atoms with E-state index in [1.54, 1.807) is 38.5 Å². The molecule has 0 amide bonds. The number of hydrogen-bond acceptors (Lipinski definition) is 3. The van der Waals surface area contributed by atoms with Crippen LogP contribution in [0.1, 0.15) is 19.4 Å². The molecule has 0 aliphatic heterocycles. The molecule has 0 heterocycles. The van der Waals surface area contributed by atoms with Crippen LogP contribution in [0.4, 0.5) is 0 Å². The van der Waals surface area contributed by atoms with Gasteiger partial charge in [-0.1, -0.05) is 13.8 Å². The van der Waals surface area contributed by atoms with E-state index in [1.165, 1.54) is 0 Å². The number of aliphatic carboxylic acids is 1. The lowest BCUT2D eigenvalue weighted by molar-refractivity contribution is -0.133. The van der Waals surface area contributed by atoms with Crippen LogP contribution in [0, 0.1) is 5.92 Å². The molecule has 1 aromatic carbocycles. The third-order valence-electron chi connectivity index (χ3n) is 2.62. The Kier molecular flexibility index (Phi) is 4.77. The van der Waals surface area contributed by atoms with E-state index in [9.17, 15) is 4.79 Å². The van der Waals surface area contributed by atoms with E-state index in [4.69, 9.17) is 14.6 Å². The summed E-state index contributed by atoms with van der Waals surface area (Å²) in [6.45, 7) is 3.68. The minimum atomic E-state index is -0.921. The van der Waals surface area contributed by atoms with E-state index in [1.807, 2.05) is 13.8 Å². The maximum atomic E-state index is 11.2. The molecule has 0 bridgehead atoms. The van der Waals surface area contributed by atoms with E-state index in [2.05, 4.69) is 0 Å². The largest absolute Gasteiger partial charge is 0.497 e. The highest BCUT2D eigenvalue weighted by Gasteiger charge is 2.13. The Bertz CT molecular complexity index is 461. The summed E-state index contributed by atoms with van der Waals surface area (Å²) in [6.07, 6.45) is 1.62. The van der Waals surface area contributed by atoms with Crippen molar-refractivity contribution in [2.24, 2.45) is 5.92 Å². The van der Waals surface area contributed by atoms with Gasteiger partial charge in [0, 0.05) is 11.1 Å². The summed E-state index contributed by atoms with van der Waals surface area (Å²) in [5.74, 6) is 0.291. The molecule has 4 nitrogen and oxygen atoms in total. The quantitative estimate of drug-likeness (QED) is 0.816. The van der Waals surface area contributed by atoms with E-state index < -0.39 is 5.97 Å². The zero-order valence-electron chi connectivity index (χ0n) is 11.1. The highest BCUT2D eigenvalue weighted by molar-refractivity contribution is 5.93. The van der Waals surface area contributed by atoms with Crippen molar-refractivity contribution < 1.29 is 19.4 Å². The molecule has 0 atom stereocenters. The van der Waals surface area contributed by atoms with Crippen LogP contribution in [0.5, 0.6) is 11.5 Å². The number of carboxylic acid groups (broad SMARTS) is 1. The third kappa shape index (κ3) is 3.26. The Balaban J connectivity index is 3.29. The molecule has 0 saturated carbocycles. The van der Waals surface area contributed by atoms with Crippen molar-refractivity contribution >= 4 is 12.0 Å². The van der Waals surface area contributed by atoms with Crippen molar-refractivity contribution in [2.45, 2.75) is 13.8 Å².